The van der Waals surface area contributed by atoms with Gasteiger partial charge in [-0.05, 0) is 26.0 Å². The molecule has 1 aliphatic rings. The Morgan fingerprint density at radius 1 is 1.27 bits per heavy atom. The first-order chi connectivity index (χ1) is 7.15. The molecule has 0 aliphatic carbocycles. The first-order valence-electron chi connectivity index (χ1n) is 5.05. The summed E-state index contributed by atoms with van der Waals surface area (Å²) in [7, 11) is 1.69. The van der Waals surface area contributed by atoms with Crippen LogP contribution in [0.4, 0.5) is 0 Å². The van der Waals surface area contributed by atoms with Gasteiger partial charge in [0.25, 0.3) is 0 Å². The zero-order chi connectivity index (χ0) is 10.9. The van der Waals surface area contributed by atoms with E-state index in [1.165, 1.54) is 0 Å². The summed E-state index contributed by atoms with van der Waals surface area (Å²) < 4.78 is 5.36. The van der Waals surface area contributed by atoms with Crippen molar-refractivity contribution in [1.29, 1.82) is 0 Å². The van der Waals surface area contributed by atoms with Gasteiger partial charge in [0.1, 0.15) is 11.3 Å². The number of rotatable bonds is 2. The van der Waals surface area contributed by atoms with Crippen LogP contribution in [-0.4, -0.2) is 12.8 Å². The second kappa shape index (κ2) is 3.54. The van der Waals surface area contributed by atoms with Gasteiger partial charge in [-0.3, -0.25) is 4.99 Å². The number of ether oxygens (including phenoxy) is 1. The van der Waals surface area contributed by atoms with Gasteiger partial charge in [0.05, 0.1) is 7.11 Å². The third-order valence-electron chi connectivity index (χ3n) is 2.71. The maximum atomic E-state index is 5.36. The molecule has 78 valence electrons. The largest absolute Gasteiger partial charge is 0.496 e. The van der Waals surface area contributed by atoms with Gasteiger partial charge in [0, 0.05) is 11.3 Å². The summed E-state index contributed by atoms with van der Waals surface area (Å²) in [6.07, 6.45) is 4.16. The molecule has 15 heavy (non-hydrogen) atoms. The molecule has 2 rings (SSSR count). The number of aliphatic imine (C=N–C) groups is 1. The van der Waals surface area contributed by atoms with E-state index in [0.717, 1.165) is 17.0 Å². The summed E-state index contributed by atoms with van der Waals surface area (Å²) >= 11 is 0. The topological polar surface area (TPSA) is 21.6 Å². The van der Waals surface area contributed by atoms with E-state index in [1.807, 2.05) is 31.2 Å². The minimum Gasteiger partial charge on any atom is -0.496 e. The van der Waals surface area contributed by atoms with Gasteiger partial charge >= 0.3 is 0 Å². The van der Waals surface area contributed by atoms with Crippen molar-refractivity contribution in [3.63, 3.8) is 0 Å². The molecule has 0 aromatic heterocycles. The fourth-order valence-corrected chi connectivity index (χ4v) is 1.94. The lowest BCUT2D eigenvalue weighted by Gasteiger charge is -2.21. The Morgan fingerprint density at radius 3 is 2.60 bits per heavy atom. The molecule has 1 aromatic rings. The standard InChI is InChI=1S/C13H15NO/c1-10-8-9-13(2,14-10)11-6-4-5-7-12(11)15-3/h4-9H,1-3H3. The fourth-order valence-electron chi connectivity index (χ4n) is 1.94. The van der Waals surface area contributed by atoms with Crippen molar-refractivity contribution in [1.82, 2.24) is 0 Å². The third kappa shape index (κ3) is 1.67. The lowest BCUT2D eigenvalue weighted by atomic mass is 9.93. The second-order valence-electron chi connectivity index (χ2n) is 3.93. The number of nitrogens with zero attached hydrogens (tertiary/aromatic N) is 1. The van der Waals surface area contributed by atoms with Crippen LogP contribution in [0.15, 0.2) is 41.4 Å². The van der Waals surface area contributed by atoms with Crippen LogP contribution in [0.5, 0.6) is 5.75 Å². The van der Waals surface area contributed by atoms with E-state index in [0.29, 0.717) is 0 Å². The van der Waals surface area contributed by atoms with Gasteiger partial charge in [0.2, 0.25) is 0 Å². The van der Waals surface area contributed by atoms with Crippen molar-refractivity contribution in [2.75, 3.05) is 7.11 Å². The highest BCUT2D eigenvalue weighted by atomic mass is 16.5. The van der Waals surface area contributed by atoms with Crippen LogP contribution < -0.4 is 4.74 Å². The highest BCUT2D eigenvalue weighted by Gasteiger charge is 2.28. The third-order valence-corrected chi connectivity index (χ3v) is 2.71. The molecule has 1 aliphatic heterocycles. The van der Waals surface area contributed by atoms with E-state index in [-0.39, 0.29) is 5.54 Å². The van der Waals surface area contributed by atoms with Crippen LogP contribution in [0.1, 0.15) is 19.4 Å². The zero-order valence-corrected chi connectivity index (χ0v) is 9.32. The molecule has 1 atom stereocenters. The first-order valence-corrected chi connectivity index (χ1v) is 5.05. The molecular formula is C13H15NO. The summed E-state index contributed by atoms with van der Waals surface area (Å²) in [4.78, 5) is 4.62. The maximum absolute atomic E-state index is 5.36. The van der Waals surface area contributed by atoms with E-state index in [2.05, 4.69) is 24.1 Å². The quantitative estimate of drug-likeness (QED) is 0.721. The SMILES string of the molecule is COc1ccccc1C1(C)C=CC(C)=N1. The van der Waals surface area contributed by atoms with Crippen LogP contribution in [0.2, 0.25) is 0 Å². The Bertz CT molecular complexity index is 434. The molecule has 2 heteroatoms. The number of methoxy groups -OCH3 is 1. The number of benzene rings is 1. The van der Waals surface area contributed by atoms with Crippen LogP contribution in [0, 0.1) is 0 Å². The molecule has 0 bridgehead atoms. The summed E-state index contributed by atoms with van der Waals surface area (Å²) in [5.41, 5.74) is 1.90. The summed E-state index contributed by atoms with van der Waals surface area (Å²) in [6, 6.07) is 8.02. The minimum atomic E-state index is -0.267. The Labute approximate surface area is 90.3 Å². The lowest BCUT2D eigenvalue weighted by molar-refractivity contribution is 0.401. The molecular weight excluding hydrogens is 186 g/mol. The van der Waals surface area contributed by atoms with E-state index < -0.39 is 0 Å². The Kier molecular flexibility index (Phi) is 2.35. The monoisotopic (exact) mass is 201 g/mol. The molecule has 0 radical (unpaired) electrons. The number of hydrogen-bond acceptors (Lipinski definition) is 2. The Hall–Kier alpha value is -1.57. The normalized spacial score (nSPS) is 24.1. The van der Waals surface area contributed by atoms with Crippen LogP contribution in [-0.2, 0) is 5.54 Å². The van der Waals surface area contributed by atoms with Gasteiger partial charge in [-0.25, -0.2) is 0 Å². The van der Waals surface area contributed by atoms with Crippen molar-refractivity contribution >= 4 is 5.71 Å². The minimum absolute atomic E-state index is 0.267. The summed E-state index contributed by atoms with van der Waals surface area (Å²) in [5, 5.41) is 0. The van der Waals surface area contributed by atoms with E-state index in [1.54, 1.807) is 7.11 Å². The van der Waals surface area contributed by atoms with Crippen molar-refractivity contribution in [2.24, 2.45) is 4.99 Å². The molecule has 1 aromatic carbocycles. The smallest absolute Gasteiger partial charge is 0.124 e. The van der Waals surface area contributed by atoms with Gasteiger partial charge in [-0.15, -0.1) is 0 Å². The van der Waals surface area contributed by atoms with Crippen LogP contribution >= 0.6 is 0 Å². The fraction of sp³-hybridized carbons (Fsp3) is 0.308. The highest BCUT2D eigenvalue weighted by Crippen LogP contribution is 2.36. The summed E-state index contributed by atoms with van der Waals surface area (Å²) in [5.74, 6) is 0.892. The van der Waals surface area contributed by atoms with Crippen molar-refractivity contribution in [3.8, 4) is 5.75 Å². The molecule has 0 amide bonds. The second-order valence-corrected chi connectivity index (χ2v) is 3.93. The average Bonchev–Trinajstić information content (AvgIpc) is 2.60. The predicted octanol–water partition coefficient (Wildman–Crippen LogP) is 2.94. The maximum Gasteiger partial charge on any atom is 0.124 e. The summed E-state index contributed by atoms with van der Waals surface area (Å²) in [6.45, 7) is 4.11. The predicted molar refractivity (Wildman–Crippen MR) is 62.6 cm³/mol. The molecule has 0 saturated heterocycles. The van der Waals surface area contributed by atoms with E-state index in [4.69, 9.17) is 4.74 Å². The van der Waals surface area contributed by atoms with Gasteiger partial charge in [0.15, 0.2) is 0 Å². The number of para-hydroxylation sites is 1. The average molecular weight is 201 g/mol. The van der Waals surface area contributed by atoms with Crippen molar-refractivity contribution < 1.29 is 4.74 Å². The number of allylic oxidation sites excluding steroid dienone is 1. The molecule has 0 saturated carbocycles. The van der Waals surface area contributed by atoms with Gasteiger partial charge in [-0.1, -0.05) is 24.3 Å². The Morgan fingerprint density at radius 2 is 2.00 bits per heavy atom. The molecule has 1 unspecified atom stereocenters. The molecule has 0 spiro atoms. The van der Waals surface area contributed by atoms with Gasteiger partial charge in [-0.2, -0.15) is 0 Å². The molecule has 2 nitrogen and oxygen atoms in total. The first kappa shape index (κ1) is 9.97. The van der Waals surface area contributed by atoms with E-state index in [9.17, 15) is 0 Å². The van der Waals surface area contributed by atoms with Crippen LogP contribution in [0.25, 0.3) is 0 Å². The van der Waals surface area contributed by atoms with Crippen molar-refractivity contribution in [3.05, 3.63) is 42.0 Å². The van der Waals surface area contributed by atoms with Crippen molar-refractivity contribution in [2.45, 2.75) is 19.4 Å². The Balaban J connectivity index is 2.50. The number of hydrogen-bond donors (Lipinski definition) is 0. The molecule has 0 N–H and O–H groups in total. The molecule has 0 fully saturated rings. The van der Waals surface area contributed by atoms with E-state index >= 15 is 0 Å². The lowest BCUT2D eigenvalue weighted by Crippen LogP contribution is -2.15. The molecule has 1 heterocycles. The zero-order valence-electron chi connectivity index (χ0n) is 9.32. The van der Waals surface area contributed by atoms with Gasteiger partial charge < -0.3 is 4.74 Å². The highest BCUT2D eigenvalue weighted by molar-refractivity contribution is 5.95. The van der Waals surface area contributed by atoms with Crippen LogP contribution in [0.3, 0.4) is 0 Å².